The van der Waals surface area contributed by atoms with Gasteiger partial charge in [-0.25, -0.2) is 0 Å². The number of benzene rings is 4. The molecule has 52 heavy (non-hydrogen) atoms. The number of hydrogen-bond acceptors (Lipinski definition) is 5. The van der Waals surface area contributed by atoms with Gasteiger partial charge in [-0.05, 0) is 77.2 Å². The second-order valence-electron chi connectivity index (χ2n) is 14.5. The molecule has 1 radical (unpaired) electrons. The molecule has 0 N–H and O–H groups in total. The molecule has 263 valence electrons. The van der Waals surface area contributed by atoms with Crippen LogP contribution in [0.2, 0.25) is 0 Å². The van der Waals surface area contributed by atoms with Crippen LogP contribution in [0.3, 0.4) is 0 Å². The fraction of sp³-hybridized carbons (Fsp3) is 0.239. The van der Waals surface area contributed by atoms with Gasteiger partial charge in [0.05, 0.1) is 17.2 Å². The van der Waals surface area contributed by atoms with Crippen LogP contribution in [0.5, 0.6) is 0 Å². The molecule has 4 heterocycles. The molecule has 0 aliphatic carbocycles. The zero-order valence-corrected chi connectivity index (χ0v) is 32.1. The number of rotatable bonds is 4. The van der Waals surface area contributed by atoms with Crippen molar-refractivity contribution in [2.75, 3.05) is 0 Å². The largest absolute Gasteiger partial charge is 0.497 e. The maximum atomic E-state index is 9.28. The van der Waals surface area contributed by atoms with Gasteiger partial charge in [-0.2, -0.15) is 5.26 Å². The number of fused-ring (bicyclic) bond motifs is 7. The van der Waals surface area contributed by atoms with Gasteiger partial charge in [0, 0.05) is 58.3 Å². The predicted molar refractivity (Wildman–Crippen MR) is 207 cm³/mol. The van der Waals surface area contributed by atoms with Crippen LogP contribution in [0, 0.1) is 41.1 Å². The molecule has 0 atom stereocenters. The Labute approximate surface area is 328 Å². The first kappa shape index (κ1) is 28.5. The molecular weight excluding hydrogens is 819 g/mol. The summed E-state index contributed by atoms with van der Waals surface area (Å²) >= 11 is 0. The average Bonchev–Trinajstić information content (AvgIpc) is 3.75. The Balaban J connectivity index is 0.000000247. The van der Waals surface area contributed by atoms with Crippen LogP contribution in [0.1, 0.15) is 73.4 Å². The number of pyridine rings is 2. The van der Waals surface area contributed by atoms with Gasteiger partial charge in [0.15, 0.2) is 11.2 Å². The minimum atomic E-state index is -2.53. The molecule has 0 amide bonds. The maximum absolute atomic E-state index is 9.28. The van der Waals surface area contributed by atoms with Crippen molar-refractivity contribution in [2.45, 2.75) is 61.1 Å². The van der Waals surface area contributed by atoms with Gasteiger partial charge in [-0.1, -0.05) is 82.3 Å². The molecule has 0 bridgehead atoms. The standard InChI is InChI=1S/C30H23N2O2.C16H18N.Ir/c1-17-16-32-25(13-19(17)14-30(2,3)4)24-7-5-6-21-23-11-10-22-20-9-8-18(15-31)12-26(20)33-28(22)29(23)34-27(21)24;1-16(2,3)11-13-9-10-15(17-12-13)14-7-5-4-6-8-14;/h5-6,8-13,16H,14H2,1-4H3;4-7,9-10,12H,11H2,1-3H3;/q2*-1;/i1D3,14D2;11D2;. The smallest absolute Gasteiger partial charge is 0.177 e. The zero-order chi connectivity index (χ0) is 42.0. The summed E-state index contributed by atoms with van der Waals surface area (Å²) in [6.45, 7) is 8.36. The van der Waals surface area contributed by atoms with E-state index in [4.69, 9.17) is 18.4 Å². The maximum Gasteiger partial charge on any atom is 0.177 e. The molecule has 0 aliphatic rings. The van der Waals surface area contributed by atoms with Crippen molar-refractivity contribution in [3.05, 3.63) is 132 Å². The van der Waals surface area contributed by atoms with Crippen molar-refractivity contribution in [1.29, 1.82) is 5.26 Å². The van der Waals surface area contributed by atoms with E-state index in [-0.39, 0.29) is 31.2 Å². The van der Waals surface area contributed by atoms with Crippen molar-refractivity contribution >= 4 is 43.9 Å². The van der Waals surface area contributed by atoms with E-state index in [0.717, 1.165) is 32.8 Å². The third-order valence-corrected chi connectivity index (χ3v) is 8.11. The fourth-order valence-electron chi connectivity index (χ4n) is 6.01. The third-order valence-electron chi connectivity index (χ3n) is 8.11. The summed E-state index contributed by atoms with van der Waals surface area (Å²) in [7, 11) is 0. The number of aryl methyl sites for hydroxylation is 1. The second kappa shape index (κ2) is 14.5. The van der Waals surface area contributed by atoms with E-state index >= 15 is 0 Å². The summed E-state index contributed by atoms with van der Waals surface area (Å²) in [4.78, 5) is 8.79. The number of nitriles is 1. The summed E-state index contributed by atoms with van der Waals surface area (Å²) < 4.78 is 70.7. The van der Waals surface area contributed by atoms with Gasteiger partial charge in [-0.3, -0.25) is 0 Å². The zero-order valence-electron chi connectivity index (χ0n) is 36.7. The molecule has 4 aromatic heterocycles. The van der Waals surface area contributed by atoms with Gasteiger partial charge in [0.25, 0.3) is 0 Å². The molecule has 0 fully saturated rings. The van der Waals surface area contributed by atoms with Crippen molar-refractivity contribution < 1.29 is 38.5 Å². The van der Waals surface area contributed by atoms with Crippen LogP contribution < -0.4 is 0 Å². The number of hydrogen-bond donors (Lipinski definition) is 0. The molecule has 0 aliphatic heterocycles. The topological polar surface area (TPSA) is 75.8 Å². The first-order valence-electron chi connectivity index (χ1n) is 20.2. The Hall–Kier alpha value is -5.08. The summed E-state index contributed by atoms with van der Waals surface area (Å²) in [6, 6.07) is 34.1. The van der Waals surface area contributed by atoms with Gasteiger partial charge < -0.3 is 18.8 Å². The van der Waals surface area contributed by atoms with E-state index in [1.165, 1.54) is 12.3 Å². The van der Waals surface area contributed by atoms with Gasteiger partial charge in [0.2, 0.25) is 0 Å². The van der Waals surface area contributed by atoms with Crippen molar-refractivity contribution in [1.82, 2.24) is 9.97 Å². The van der Waals surface area contributed by atoms with E-state index < -0.39 is 30.4 Å². The van der Waals surface area contributed by atoms with Crippen molar-refractivity contribution in [3.8, 4) is 28.6 Å². The summed E-state index contributed by atoms with van der Waals surface area (Å²) in [6.07, 6.45) is -0.500. The molecule has 5 nitrogen and oxygen atoms in total. The molecule has 6 heteroatoms. The van der Waals surface area contributed by atoms with Gasteiger partial charge >= 0.3 is 0 Å². The quantitative estimate of drug-likeness (QED) is 0.165. The van der Waals surface area contributed by atoms with E-state index in [0.29, 0.717) is 44.7 Å². The van der Waals surface area contributed by atoms with E-state index in [2.05, 4.69) is 28.2 Å². The van der Waals surface area contributed by atoms with Gasteiger partial charge in [-0.15, -0.1) is 54.1 Å². The Kier molecular flexibility index (Phi) is 7.95. The Morgan fingerprint density at radius 2 is 1.44 bits per heavy atom. The SMILES string of the molecule is [2H]C([2H])([2H])c1cnc(-c2[c-]ccc3c2oc2c3ccc3c4ccc(C#N)cc4oc32)cc1C([2H])([2H])C(C)(C)C.[2H]C([2H])(c1ccc(-c2[c-]cccc2)nc1)C(C)(C)C.[Ir]. The average molecular weight is 867 g/mol. The molecule has 4 aromatic carbocycles. The molecule has 0 spiro atoms. The van der Waals surface area contributed by atoms with Gasteiger partial charge in [0.1, 0.15) is 5.58 Å². The molecule has 8 aromatic rings. The minimum absolute atomic E-state index is 0. The number of aromatic nitrogens is 2. The third kappa shape index (κ3) is 7.72. The molecule has 0 saturated heterocycles. The fourth-order valence-corrected chi connectivity index (χ4v) is 6.01. The number of nitrogens with zero attached hydrogens (tertiary/aromatic N) is 3. The molecular formula is C46H41IrN3O2-2. The second-order valence-corrected chi connectivity index (χ2v) is 14.5. The van der Waals surface area contributed by atoms with Crippen LogP contribution in [0.4, 0.5) is 0 Å². The van der Waals surface area contributed by atoms with E-state index in [9.17, 15) is 5.26 Å². The van der Waals surface area contributed by atoms with Crippen LogP contribution in [0.25, 0.3) is 66.4 Å². The Morgan fingerprint density at radius 1 is 0.731 bits per heavy atom. The van der Waals surface area contributed by atoms with E-state index in [1.807, 2.05) is 81.4 Å². The Morgan fingerprint density at radius 3 is 2.12 bits per heavy atom. The minimum Gasteiger partial charge on any atom is -0.497 e. The van der Waals surface area contributed by atoms with Crippen LogP contribution in [0.15, 0.2) is 106 Å². The predicted octanol–water partition coefficient (Wildman–Crippen LogP) is 12.3. The normalized spacial score (nSPS) is 14.5. The molecule has 8 rings (SSSR count). The summed E-state index contributed by atoms with van der Waals surface area (Å²) in [5.74, 6) is 0. The van der Waals surface area contributed by atoms with E-state index in [1.54, 1.807) is 45.2 Å². The first-order valence-corrected chi connectivity index (χ1v) is 16.7. The van der Waals surface area contributed by atoms with Crippen molar-refractivity contribution in [3.63, 3.8) is 0 Å². The van der Waals surface area contributed by atoms with Crippen LogP contribution >= 0.6 is 0 Å². The monoisotopic (exact) mass is 867 g/mol. The number of furan rings is 2. The Bertz CT molecular complexity index is 2860. The molecule has 0 saturated carbocycles. The van der Waals surface area contributed by atoms with Crippen LogP contribution in [-0.4, -0.2) is 9.97 Å². The summed E-state index contributed by atoms with van der Waals surface area (Å²) in [5.41, 5.74) is 4.44. The van der Waals surface area contributed by atoms with Crippen molar-refractivity contribution in [2.24, 2.45) is 10.8 Å². The summed E-state index contributed by atoms with van der Waals surface area (Å²) in [5, 5.41) is 12.6. The first-order chi connectivity index (χ1) is 27.1. The van der Waals surface area contributed by atoms with Crippen LogP contribution in [-0.2, 0) is 32.9 Å². The molecule has 0 unspecified atom stereocenters.